The van der Waals surface area contributed by atoms with Crippen molar-refractivity contribution in [3.05, 3.63) is 89.5 Å². The highest BCUT2D eigenvalue weighted by atomic mass is 16.6. The number of allylic oxidation sites excluding steroid dienone is 1. The van der Waals surface area contributed by atoms with Crippen molar-refractivity contribution in [2.45, 2.75) is 63.5 Å². The van der Waals surface area contributed by atoms with Crippen LogP contribution in [0, 0.1) is 25.7 Å². The minimum absolute atomic E-state index is 0.125. The number of hydrogen-bond donors (Lipinski definition) is 2. The second-order valence-electron chi connectivity index (χ2n) is 12.3. The molecule has 2 aromatic carbocycles. The summed E-state index contributed by atoms with van der Waals surface area (Å²) in [5, 5.41) is 13.6. The number of para-hydroxylation sites is 1. The molecule has 0 unspecified atom stereocenters. The average Bonchev–Trinajstić information content (AvgIpc) is 3.67. The van der Waals surface area contributed by atoms with Gasteiger partial charge in [0.1, 0.15) is 23.7 Å². The van der Waals surface area contributed by atoms with Crippen LogP contribution in [-0.2, 0) is 28.7 Å². The lowest BCUT2D eigenvalue weighted by Crippen LogP contribution is -2.57. The number of aliphatic hydroxyl groups excluding tert-OH is 1. The van der Waals surface area contributed by atoms with Crippen molar-refractivity contribution in [1.82, 2.24) is 10.2 Å². The van der Waals surface area contributed by atoms with Crippen LogP contribution in [0.25, 0.3) is 0 Å². The molecule has 4 aliphatic rings. The molecule has 1 spiro atoms. The van der Waals surface area contributed by atoms with E-state index in [4.69, 9.17) is 9.47 Å². The number of hydrogen-bond acceptors (Lipinski definition) is 7. The summed E-state index contributed by atoms with van der Waals surface area (Å²) in [5.74, 6) is -3.70. The van der Waals surface area contributed by atoms with Crippen molar-refractivity contribution >= 4 is 29.4 Å². The van der Waals surface area contributed by atoms with Crippen LogP contribution in [-0.4, -0.2) is 77.2 Å². The van der Waals surface area contributed by atoms with E-state index >= 15 is 4.79 Å². The van der Waals surface area contributed by atoms with Crippen LogP contribution in [0.15, 0.2) is 72.8 Å². The molecular weight excluding hydrogens is 574 g/mol. The maximum absolute atomic E-state index is 15.1. The predicted molar refractivity (Wildman–Crippen MR) is 166 cm³/mol. The van der Waals surface area contributed by atoms with Gasteiger partial charge in [-0.1, -0.05) is 72.8 Å². The number of nitrogens with zero attached hydrogens (tertiary/aromatic N) is 2. The SMILES string of the molecule is Cc1cccc(C)c1N1C/C=C\CCC(=O)NC[C@H](C)OC(=O)[C@@H]2[C@H]3C(=O)N([C@H](CO)c4ccccc4)[C@H](C1=O)[C@]31C=C[C@H]2O1. The Hall–Kier alpha value is -4.28. The summed E-state index contributed by atoms with van der Waals surface area (Å²) >= 11 is 0. The molecule has 0 radical (unpaired) electrons. The zero-order chi connectivity index (χ0) is 31.9. The first-order valence-corrected chi connectivity index (χ1v) is 15.5. The lowest BCUT2D eigenvalue weighted by molar-refractivity contribution is -0.159. The van der Waals surface area contributed by atoms with Crippen LogP contribution in [0.5, 0.6) is 0 Å². The van der Waals surface area contributed by atoms with Crippen molar-refractivity contribution in [2.75, 3.05) is 24.6 Å². The van der Waals surface area contributed by atoms with E-state index in [2.05, 4.69) is 5.32 Å². The Morgan fingerprint density at radius 2 is 1.73 bits per heavy atom. The molecule has 10 nitrogen and oxygen atoms in total. The highest BCUT2D eigenvalue weighted by molar-refractivity contribution is 6.06. The molecule has 10 heteroatoms. The third-order valence-corrected chi connectivity index (χ3v) is 9.38. The van der Waals surface area contributed by atoms with E-state index in [1.54, 1.807) is 24.0 Å². The Bertz CT molecular complexity index is 1540. The molecule has 4 aliphatic heterocycles. The smallest absolute Gasteiger partial charge is 0.313 e. The standard InChI is InChI=1S/C35H39N3O7/c1-21-11-10-12-22(2)30(21)37-18-9-5-8-15-27(40)36-19-23(3)44-34(43)28-26-16-17-35(45-26)29(28)32(41)38(31(35)33(37)42)25(20-39)24-13-6-4-7-14-24/h4-7,9-14,16-17,23,25-26,28-29,31,39H,8,15,18-20H2,1-3H3,(H,36,40)/b9-5-/t23-,25+,26+,28-,29-,31+,35-/m0/s1. The Morgan fingerprint density at radius 1 is 1.00 bits per heavy atom. The van der Waals surface area contributed by atoms with Crippen LogP contribution >= 0.6 is 0 Å². The first-order valence-electron chi connectivity index (χ1n) is 15.5. The van der Waals surface area contributed by atoms with Gasteiger partial charge >= 0.3 is 5.97 Å². The number of cyclic esters (lactones) is 1. The van der Waals surface area contributed by atoms with Gasteiger partial charge in [0.15, 0.2) is 0 Å². The highest BCUT2D eigenvalue weighted by Crippen LogP contribution is 2.57. The molecule has 45 heavy (non-hydrogen) atoms. The molecule has 2 N–H and O–H groups in total. The highest BCUT2D eigenvalue weighted by Gasteiger charge is 2.74. The number of carbonyl (C=O) groups excluding carboxylic acids is 4. The van der Waals surface area contributed by atoms with Gasteiger partial charge in [-0.05, 0) is 43.9 Å². The Kier molecular flexibility index (Phi) is 8.37. The molecular formula is C35H39N3O7. The topological polar surface area (TPSA) is 125 Å². The van der Waals surface area contributed by atoms with Crippen molar-refractivity contribution in [2.24, 2.45) is 11.8 Å². The molecule has 2 aromatic rings. The normalized spacial score (nSPS) is 31.5. The van der Waals surface area contributed by atoms with E-state index in [-0.39, 0.29) is 25.4 Å². The van der Waals surface area contributed by atoms with E-state index in [1.165, 1.54) is 4.90 Å². The van der Waals surface area contributed by atoms with Crippen LogP contribution in [0.1, 0.15) is 42.5 Å². The number of rotatable bonds is 4. The van der Waals surface area contributed by atoms with E-state index in [0.717, 1.165) is 11.1 Å². The van der Waals surface area contributed by atoms with E-state index < -0.39 is 66.1 Å². The molecule has 7 atom stereocenters. The number of aliphatic hydroxyl groups is 1. The largest absolute Gasteiger partial charge is 0.460 e. The van der Waals surface area contributed by atoms with Gasteiger partial charge in [0.05, 0.1) is 31.2 Å². The number of ether oxygens (including phenoxy) is 2. The summed E-state index contributed by atoms with van der Waals surface area (Å²) in [6.45, 7) is 5.40. The van der Waals surface area contributed by atoms with E-state index in [9.17, 15) is 19.5 Å². The zero-order valence-corrected chi connectivity index (χ0v) is 25.7. The number of nitrogens with one attached hydrogen (secondary N) is 1. The van der Waals surface area contributed by atoms with Crippen LogP contribution in [0.2, 0.25) is 0 Å². The van der Waals surface area contributed by atoms with Crippen molar-refractivity contribution in [1.29, 1.82) is 0 Å². The van der Waals surface area contributed by atoms with Crippen LogP contribution in [0.4, 0.5) is 5.69 Å². The number of carbonyl (C=O) groups is 4. The monoisotopic (exact) mass is 613 g/mol. The van der Waals surface area contributed by atoms with Gasteiger partial charge < -0.3 is 29.7 Å². The fourth-order valence-electron chi connectivity index (χ4n) is 7.37. The van der Waals surface area contributed by atoms with Gasteiger partial charge in [-0.25, -0.2) is 0 Å². The average molecular weight is 614 g/mol. The molecule has 6 rings (SSSR count). The van der Waals surface area contributed by atoms with E-state index in [0.29, 0.717) is 17.7 Å². The first kappa shape index (κ1) is 30.7. The number of anilines is 1. The van der Waals surface area contributed by atoms with Crippen molar-refractivity contribution in [3.8, 4) is 0 Å². The van der Waals surface area contributed by atoms with Gasteiger partial charge in [-0.3, -0.25) is 19.2 Å². The van der Waals surface area contributed by atoms with Gasteiger partial charge in [0, 0.05) is 18.7 Å². The van der Waals surface area contributed by atoms with Gasteiger partial charge in [0.2, 0.25) is 11.8 Å². The molecule has 2 fully saturated rings. The quantitative estimate of drug-likeness (QED) is 0.401. The fourth-order valence-corrected chi connectivity index (χ4v) is 7.37. The van der Waals surface area contributed by atoms with Gasteiger partial charge in [0.25, 0.3) is 5.91 Å². The number of fused-ring (bicyclic) bond motifs is 2. The lowest BCUT2D eigenvalue weighted by atomic mass is 9.74. The van der Waals surface area contributed by atoms with Gasteiger partial charge in [-0.2, -0.15) is 0 Å². The maximum atomic E-state index is 15.1. The zero-order valence-electron chi connectivity index (χ0n) is 25.7. The minimum Gasteiger partial charge on any atom is -0.460 e. The molecule has 0 saturated carbocycles. The second-order valence-corrected chi connectivity index (χ2v) is 12.3. The number of amides is 3. The summed E-state index contributed by atoms with van der Waals surface area (Å²) < 4.78 is 12.3. The third-order valence-electron chi connectivity index (χ3n) is 9.38. The molecule has 0 aliphatic carbocycles. The minimum atomic E-state index is -1.45. The molecule has 2 saturated heterocycles. The Balaban J connectivity index is 1.52. The summed E-state index contributed by atoms with van der Waals surface area (Å²) in [5.41, 5.74) is 1.66. The second kappa shape index (κ2) is 12.3. The lowest BCUT2D eigenvalue weighted by Gasteiger charge is -2.39. The molecule has 3 amide bonds. The number of aryl methyl sites for hydroxylation is 2. The van der Waals surface area contributed by atoms with Crippen molar-refractivity contribution < 1.29 is 33.8 Å². The van der Waals surface area contributed by atoms with Crippen molar-refractivity contribution in [3.63, 3.8) is 0 Å². The van der Waals surface area contributed by atoms with E-state index in [1.807, 2.05) is 74.5 Å². The summed E-state index contributed by atoms with van der Waals surface area (Å²) in [4.78, 5) is 59.1. The molecule has 4 heterocycles. The summed E-state index contributed by atoms with van der Waals surface area (Å²) in [6.07, 6.45) is 6.48. The summed E-state index contributed by atoms with van der Waals surface area (Å²) in [7, 11) is 0. The Labute approximate surface area is 262 Å². The number of benzene rings is 2. The van der Waals surface area contributed by atoms with Crippen LogP contribution < -0.4 is 10.2 Å². The first-order chi connectivity index (χ1) is 21.7. The number of likely N-dealkylation sites (tertiary alicyclic amines) is 1. The third kappa shape index (κ3) is 5.25. The molecule has 5 bridgehead atoms. The molecule has 236 valence electrons. The summed E-state index contributed by atoms with van der Waals surface area (Å²) in [6, 6.07) is 12.8. The molecule has 0 aromatic heterocycles. The maximum Gasteiger partial charge on any atom is 0.313 e. The number of esters is 1. The van der Waals surface area contributed by atoms with Crippen LogP contribution in [0.3, 0.4) is 0 Å². The predicted octanol–water partition coefficient (Wildman–Crippen LogP) is 2.92. The van der Waals surface area contributed by atoms with Gasteiger partial charge in [-0.15, -0.1) is 0 Å². The Morgan fingerprint density at radius 3 is 2.44 bits per heavy atom. The fraction of sp³-hybridized carbons (Fsp3) is 0.429.